The molecule has 0 unspecified atom stereocenters. The highest BCUT2D eigenvalue weighted by molar-refractivity contribution is 7.18. The Morgan fingerprint density at radius 3 is 1.98 bits per heavy atom. The standard InChI is InChI=1S/C25H28N6OS.2C2HF3O2/c1-18(2)29-12-14-30(15-13-29)24(32)22-20-10-6-7-11-31(20)23(28-22)21-17-27-25(33-21)26-16-19-8-4-3-5-9-19;2*3-2(4,5)1(6)7/h3-11,17-18H,12-16H2,1-2H3,(H,26,27);2*(H,6,7). The van der Waals surface area contributed by atoms with E-state index in [9.17, 15) is 31.1 Å². The first-order valence-corrected chi connectivity index (χ1v) is 14.6. The number of carbonyl (C=O) groups is 3. The first-order chi connectivity index (χ1) is 22.0. The lowest BCUT2D eigenvalue weighted by atomic mass is 10.2. The van der Waals surface area contributed by atoms with E-state index in [-0.39, 0.29) is 5.91 Å². The number of thiazole rings is 1. The van der Waals surface area contributed by atoms with Crippen molar-refractivity contribution in [2.24, 2.45) is 0 Å². The van der Waals surface area contributed by atoms with E-state index in [0.29, 0.717) is 18.3 Å². The second-order valence-electron chi connectivity index (χ2n) is 10.1. The van der Waals surface area contributed by atoms with Crippen LogP contribution in [0.3, 0.4) is 0 Å². The molecule has 1 aliphatic heterocycles. The molecule has 4 aromatic rings. The van der Waals surface area contributed by atoms with Crippen molar-refractivity contribution in [3.63, 3.8) is 0 Å². The zero-order chi connectivity index (χ0) is 34.9. The number of imidazole rings is 1. The molecule has 0 atom stereocenters. The van der Waals surface area contributed by atoms with Gasteiger partial charge in [0.15, 0.2) is 16.6 Å². The summed E-state index contributed by atoms with van der Waals surface area (Å²) < 4.78 is 65.5. The van der Waals surface area contributed by atoms with Gasteiger partial charge in [-0.3, -0.25) is 14.1 Å². The predicted molar refractivity (Wildman–Crippen MR) is 160 cm³/mol. The topological polar surface area (TPSA) is 140 Å². The average molecular weight is 689 g/mol. The molecule has 3 aromatic heterocycles. The number of halogens is 6. The lowest BCUT2D eigenvalue weighted by Crippen LogP contribution is -2.50. The Kier molecular flexibility index (Phi) is 12.3. The molecule has 1 fully saturated rings. The van der Waals surface area contributed by atoms with Crippen LogP contribution < -0.4 is 5.32 Å². The SMILES string of the molecule is CC(C)N1CCN(C(=O)c2nc(-c3cnc(NCc4ccccc4)s3)n3ccccc23)CC1.O=C(O)C(F)(F)F.O=C(O)C(F)(F)F. The summed E-state index contributed by atoms with van der Waals surface area (Å²) in [4.78, 5) is 45.8. The van der Waals surface area contributed by atoms with E-state index >= 15 is 0 Å². The number of nitrogens with zero attached hydrogens (tertiary/aromatic N) is 5. The highest BCUT2D eigenvalue weighted by Crippen LogP contribution is 2.31. The van der Waals surface area contributed by atoms with Gasteiger partial charge in [0, 0.05) is 45.0 Å². The number of hydrogen-bond acceptors (Lipinski definition) is 8. The monoisotopic (exact) mass is 688 g/mol. The van der Waals surface area contributed by atoms with Crippen molar-refractivity contribution in [1.29, 1.82) is 0 Å². The van der Waals surface area contributed by atoms with Gasteiger partial charge >= 0.3 is 24.3 Å². The van der Waals surface area contributed by atoms with E-state index in [2.05, 4.69) is 41.2 Å². The molecule has 1 amide bonds. The van der Waals surface area contributed by atoms with Gasteiger partial charge in [0.1, 0.15) is 0 Å². The normalized spacial score (nSPS) is 13.8. The van der Waals surface area contributed by atoms with Crippen LogP contribution in [0, 0.1) is 0 Å². The number of alkyl halides is 6. The number of aromatic nitrogens is 3. The fraction of sp³-hybridized carbons (Fsp3) is 0.345. The zero-order valence-corrected chi connectivity index (χ0v) is 25.7. The Bertz CT molecular complexity index is 1630. The number of carboxylic acid groups (broad SMARTS) is 2. The van der Waals surface area contributed by atoms with Crippen LogP contribution in [0.1, 0.15) is 29.9 Å². The molecular formula is C29H30F6N6O5S. The second kappa shape index (κ2) is 15.7. The number of anilines is 1. The summed E-state index contributed by atoms with van der Waals surface area (Å²) in [6.45, 7) is 8.36. The van der Waals surface area contributed by atoms with Crippen molar-refractivity contribution in [2.45, 2.75) is 38.8 Å². The Hall–Kier alpha value is -4.71. The highest BCUT2D eigenvalue weighted by Gasteiger charge is 2.39. The lowest BCUT2D eigenvalue weighted by Gasteiger charge is -2.36. The number of aliphatic carboxylic acids is 2. The Morgan fingerprint density at radius 1 is 0.894 bits per heavy atom. The van der Waals surface area contributed by atoms with Gasteiger partial charge in [-0.05, 0) is 31.5 Å². The van der Waals surface area contributed by atoms with Crippen LogP contribution in [0.25, 0.3) is 16.2 Å². The Morgan fingerprint density at radius 2 is 1.45 bits per heavy atom. The molecule has 47 heavy (non-hydrogen) atoms. The third-order valence-electron chi connectivity index (χ3n) is 6.58. The maximum Gasteiger partial charge on any atom is 0.490 e. The van der Waals surface area contributed by atoms with E-state index in [1.165, 1.54) is 5.56 Å². The van der Waals surface area contributed by atoms with Gasteiger partial charge in [-0.2, -0.15) is 26.3 Å². The number of fused-ring (bicyclic) bond motifs is 1. The summed E-state index contributed by atoms with van der Waals surface area (Å²) in [7, 11) is 0. The van der Waals surface area contributed by atoms with E-state index < -0.39 is 24.3 Å². The van der Waals surface area contributed by atoms with Gasteiger partial charge in [0.25, 0.3) is 5.91 Å². The third-order valence-corrected chi connectivity index (χ3v) is 7.53. The number of carbonyl (C=O) groups excluding carboxylic acids is 1. The fourth-order valence-corrected chi connectivity index (χ4v) is 4.99. The smallest absolute Gasteiger partial charge is 0.475 e. The van der Waals surface area contributed by atoms with E-state index in [1.54, 1.807) is 11.3 Å². The van der Waals surface area contributed by atoms with Crippen molar-refractivity contribution in [1.82, 2.24) is 24.2 Å². The maximum atomic E-state index is 13.4. The van der Waals surface area contributed by atoms with Gasteiger partial charge in [-0.1, -0.05) is 47.7 Å². The summed E-state index contributed by atoms with van der Waals surface area (Å²) in [5.74, 6) is -4.76. The number of carboxylic acids is 2. The highest BCUT2D eigenvalue weighted by atomic mass is 32.1. The minimum atomic E-state index is -5.08. The van der Waals surface area contributed by atoms with E-state index in [4.69, 9.17) is 24.8 Å². The van der Waals surface area contributed by atoms with Crippen LogP contribution >= 0.6 is 11.3 Å². The third kappa shape index (κ3) is 10.4. The Balaban J connectivity index is 0.000000360. The summed E-state index contributed by atoms with van der Waals surface area (Å²) in [5.41, 5.74) is 2.54. The molecule has 0 aliphatic carbocycles. The quantitative estimate of drug-likeness (QED) is 0.224. The molecule has 11 nitrogen and oxygen atoms in total. The van der Waals surface area contributed by atoms with Crippen LogP contribution in [-0.4, -0.2) is 96.8 Å². The predicted octanol–water partition coefficient (Wildman–Crippen LogP) is 5.50. The van der Waals surface area contributed by atoms with E-state index in [0.717, 1.165) is 47.5 Å². The van der Waals surface area contributed by atoms with Crippen molar-refractivity contribution in [2.75, 3.05) is 31.5 Å². The molecular weight excluding hydrogens is 658 g/mol. The summed E-state index contributed by atoms with van der Waals surface area (Å²) in [5, 5.41) is 18.5. The largest absolute Gasteiger partial charge is 0.490 e. The van der Waals surface area contributed by atoms with Gasteiger partial charge in [0.2, 0.25) is 0 Å². The van der Waals surface area contributed by atoms with E-state index in [1.807, 2.05) is 58.1 Å². The number of pyridine rings is 1. The molecule has 3 N–H and O–H groups in total. The van der Waals surface area contributed by atoms with Crippen molar-refractivity contribution < 1.29 is 50.9 Å². The molecule has 1 aliphatic rings. The molecule has 18 heteroatoms. The summed E-state index contributed by atoms with van der Waals surface area (Å²) in [6.07, 6.45) is -6.38. The fourth-order valence-electron chi connectivity index (χ4n) is 4.19. The van der Waals surface area contributed by atoms with Crippen LogP contribution in [0.5, 0.6) is 0 Å². The lowest BCUT2D eigenvalue weighted by molar-refractivity contribution is -0.193. The van der Waals surface area contributed by atoms with Crippen LogP contribution in [0.15, 0.2) is 60.9 Å². The van der Waals surface area contributed by atoms with Gasteiger partial charge < -0.3 is 20.4 Å². The van der Waals surface area contributed by atoms with Gasteiger partial charge in [-0.15, -0.1) is 0 Å². The first kappa shape index (κ1) is 36.8. The number of rotatable bonds is 6. The molecule has 0 bridgehead atoms. The van der Waals surface area contributed by atoms with Crippen molar-refractivity contribution in [3.8, 4) is 10.7 Å². The zero-order valence-electron chi connectivity index (χ0n) is 24.9. The minimum absolute atomic E-state index is 0.000275. The van der Waals surface area contributed by atoms with Gasteiger partial charge in [0.05, 0.1) is 16.6 Å². The van der Waals surface area contributed by atoms with Crippen molar-refractivity contribution >= 4 is 39.8 Å². The van der Waals surface area contributed by atoms with Crippen LogP contribution in [0.2, 0.25) is 0 Å². The molecule has 0 radical (unpaired) electrons. The number of benzene rings is 1. The van der Waals surface area contributed by atoms with Crippen molar-refractivity contribution in [3.05, 3.63) is 72.2 Å². The van der Waals surface area contributed by atoms with Crippen LogP contribution in [0.4, 0.5) is 31.5 Å². The molecule has 1 aromatic carbocycles. The molecule has 4 heterocycles. The molecule has 0 spiro atoms. The Labute approximate surface area is 268 Å². The second-order valence-corrected chi connectivity index (χ2v) is 11.2. The molecule has 5 rings (SSSR count). The van der Waals surface area contributed by atoms with Crippen LogP contribution in [-0.2, 0) is 16.1 Å². The minimum Gasteiger partial charge on any atom is -0.475 e. The number of amides is 1. The summed E-state index contributed by atoms with van der Waals surface area (Å²) in [6, 6.07) is 16.6. The maximum absolute atomic E-state index is 13.4. The average Bonchev–Trinajstić information content (AvgIpc) is 3.65. The summed E-state index contributed by atoms with van der Waals surface area (Å²) >= 11 is 1.55. The molecule has 1 saturated heterocycles. The first-order valence-electron chi connectivity index (χ1n) is 13.8. The van der Waals surface area contributed by atoms with Gasteiger partial charge in [-0.25, -0.2) is 19.6 Å². The number of nitrogens with one attached hydrogen (secondary N) is 1. The number of piperazine rings is 1. The molecule has 0 saturated carbocycles. The number of hydrogen-bond donors (Lipinski definition) is 3. The molecule has 254 valence electrons.